The summed E-state index contributed by atoms with van der Waals surface area (Å²) in [5.74, 6) is 0. The second kappa shape index (κ2) is 8.45. The number of hydrogen-bond acceptors (Lipinski definition) is 0. The molecule has 1 nitrogen and oxygen atoms in total. The fraction of sp³-hybridized carbons (Fsp3) is 0.316. The number of nitrogens with one attached hydrogen (secondary N) is 1. The molecule has 1 N–H and O–H groups in total. The van der Waals surface area contributed by atoms with Crippen molar-refractivity contribution >= 4 is 26.3 Å². The van der Waals surface area contributed by atoms with Crippen LogP contribution in [0.25, 0.3) is 9.36 Å². The summed E-state index contributed by atoms with van der Waals surface area (Å²) in [4.78, 5) is 3.57. The Balaban J connectivity index is 0.00000144. The third kappa shape index (κ3) is 4.30. The van der Waals surface area contributed by atoms with Gasteiger partial charge in [0.25, 0.3) is 0 Å². The second-order valence-electron chi connectivity index (χ2n) is 7.16. The van der Waals surface area contributed by atoms with E-state index in [0.717, 1.165) is 0 Å². The predicted molar refractivity (Wildman–Crippen MR) is 95.2 cm³/mol. The smallest absolute Gasteiger partial charge is 1.00 e. The molecule has 0 saturated carbocycles. The molecule has 5 heteroatoms. The molecule has 1 heterocycles. The Kier molecular flexibility index (Phi) is 7.68. The van der Waals surface area contributed by atoms with Crippen molar-refractivity contribution in [2.24, 2.45) is 0 Å². The van der Waals surface area contributed by atoms with Crippen LogP contribution in [0.3, 0.4) is 0 Å². The van der Waals surface area contributed by atoms with Gasteiger partial charge in [-0.3, -0.25) is 0 Å². The quantitative estimate of drug-likeness (QED) is 0.447. The maximum absolute atomic E-state index is 3.57. The van der Waals surface area contributed by atoms with Gasteiger partial charge in [-0.2, -0.15) is 0 Å². The van der Waals surface area contributed by atoms with Crippen LogP contribution >= 0.6 is 0 Å². The number of H-pyrrole nitrogens is 1. The fourth-order valence-corrected chi connectivity index (χ4v) is 10.1. The monoisotopic (exact) mass is 453 g/mol. The molecule has 0 aliphatic heterocycles. The number of fused-ring (bicyclic) bond motifs is 1. The Morgan fingerprint density at radius 3 is 2.29 bits per heavy atom. The third-order valence-corrected chi connectivity index (χ3v) is 9.80. The summed E-state index contributed by atoms with van der Waals surface area (Å²) in [6.45, 7) is 11.8. The van der Waals surface area contributed by atoms with Gasteiger partial charge in [0.05, 0.1) is 0 Å². The second-order valence-corrected chi connectivity index (χ2v) is 12.8. The van der Waals surface area contributed by atoms with Crippen LogP contribution in [0.4, 0.5) is 0 Å². The van der Waals surface area contributed by atoms with Crippen molar-refractivity contribution in [1.82, 2.24) is 4.98 Å². The summed E-state index contributed by atoms with van der Waals surface area (Å²) < 4.78 is 3.24. The van der Waals surface area contributed by atoms with E-state index in [1.165, 1.54) is 19.4 Å². The van der Waals surface area contributed by atoms with Crippen LogP contribution < -0.4 is 38.7 Å². The minimum absolute atomic E-state index is 0. The van der Waals surface area contributed by atoms with Gasteiger partial charge in [0, 0.05) is 0 Å². The molecule has 0 saturated heterocycles. The first kappa shape index (κ1) is 21.8. The normalized spacial score (nSPS) is 12.5. The summed E-state index contributed by atoms with van der Waals surface area (Å²) >= 11 is -0.817. The van der Waals surface area contributed by atoms with E-state index in [0.29, 0.717) is 0 Å². The van der Waals surface area contributed by atoms with Gasteiger partial charge in [0.1, 0.15) is 0 Å². The molecular weight excluding hydrogens is 432 g/mol. The van der Waals surface area contributed by atoms with Gasteiger partial charge in [-0.15, -0.1) is 0 Å². The average Bonchev–Trinajstić information content (AvgIpc) is 3.04. The molecule has 3 rings (SSSR count). The number of rotatable bonds is 2. The number of hydrogen-bond donors (Lipinski definition) is 1. The molecule has 1 aromatic carbocycles. The van der Waals surface area contributed by atoms with E-state index in [-0.39, 0.29) is 30.2 Å². The summed E-state index contributed by atoms with van der Waals surface area (Å²) in [6, 6.07) is 11.2. The van der Waals surface area contributed by atoms with Crippen LogP contribution in [-0.2, 0) is 28.6 Å². The standard InChI is InChI=1S/C11H11Si.C8H12N.2ClH.Zr/c1-12(2)11-7-9-5-3-4-6-10(9)8-11;1-8(2,3)7-4-5-9-6-7;;;/h3-7H,1-2H3;4-5,9H,1-3H3;2*1H;/q;;;;+2/p-2. The summed E-state index contributed by atoms with van der Waals surface area (Å²) in [7, 11) is -0.424. The molecule has 2 aromatic rings. The van der Waals surface area contributed by atoms with E-state index in [4.69, 9.17) is 0 Å². The Labute approximate surface area is 170 Å². The molecule has 0 fully saturated rings. The first-order valence-corrected chi connectivity index (χ1v) is 12.8. The summed E-state index contributed by atoms with van der Waals surface area (Å²) in [5, 5.41) is 4.60. The first-order chi connectivity index (χ1) is 10.4. The van der Waals surface area contributed by atoms with E-state index in [1.54, 1.807) is 8.45 Å². The molecule has 1 aliphatic rings. The molecule has 126 valence electrons. The maximum atomic E-state index is 3.57. The average molecular weight is 456 g/mol. The van der Waals surface area contributed by atoms with E-state index >= 15 is 0 Å². The van der Waals surface area contributed by atoms with Crippen molar-refractivity contribution in [1.29, 1.82) is 0 Å². The molecule has 0 unspecified atom stereocenters. The fourth-order valence-electron chi connectivity index (χ4n) is 2.98. The van der Waals surface area contributed by atoms with Crippen molar-refractivity contribution in [3.8, 4) is 0 Å². The van der Waals surface area contributed by atoms with Gasteiger partial charge in [0.15, 0.2) is 0 Å². The van der Waals surface area contributed by atoms with E-state index in [2.05, 4.69) is 81.5 Å². The Hall–Kier alpha value is -0.210. The van der Waals surface area contributed by atoms with Crippen LogP contribution in [0.15, 0.2) is 36.5 Å². The number of halogens is 2. The molecule has 1 aliphatic carbocycles. The predicted octanol–water partition coefficient (Wildman–Crippen LogP) is -3.86. The number of aromatic nitrogens is 1. The van der Waals surface area contributed by atoms with Crippen LogP contribution in [0.5, 0.6) is 0 Å². The minimum atomic E-state index is -0.817. The van der Waals surface area contributed by atoms with Gasteiger partial charge in [-0.25, -0.2) is 0 Å². The van der Waals surface area contributed by atoms with Gasteiger partial charge in [0.2, 0.25) is 0 Å². The largest absolute Gasteiger partial charge is 1.00 e. The molecule has 0 spiro atoms. The zero-order chi connectivity index (χ0) is 15.9. The van der Waals surface area contributed by atoms with Crippen LogP contribution in [0.1, 0.15) is 26.3 Å². The zero-order valence-electron chi connectivity index (χ0n) is 14.8. The molecular formula is C19H23Cl2NSiZr. The number of aromatic amines is 1. The van der Waals surface area contributed by atoms with Gasteiger partial charge < -0.3 is 24.8 Å². The summed E-state index contributed by atoms with van der Waals surface area (Å²) in [5.41, 5.74) is 1.74. The van der Waals surface area contributed by atoms with Crippen LogP contribution in [-0.4, -0.2) is 18.6 Å². The van der Waals surface area contributed by atoms with Gasteiger partial charge >= 0.3 is 146 Å². The third-order valence-electron chi connectivity index (χ3n) is 4.14. The zero-order valence-corrected chi connectivity index (χ0v) is 19.8. The minimum Gasteiger partial charge on any atom is -1.00 e. The first-order valence-electron chi connectivity index (χ1n) is 7.82. The molecule has 0 amide bonds. The molecule has 0 atom stereocenters. The van der Waals surface area contributed by atoms with Crippen LogP contribution in [0.2, 0.25) is 13.1 Å². The Morgan fingerprint density at radius 1 is 1.00 bits per heavy atom. The van der Waals surface area contributed by atoms with E-state index < -0.39 is 31.6 Å². The van der Waals surface area contributed by atoms with Gasteiger partial charge in [-0.1, -0.05) is 0 Å². The van der Waals surface area contributed by atoms with Crippen molar-refractivity contribution in [2.45, 2.75) is 39.3 Å². The topological polar surface area (TPSA) is 15.8 Å². The molecule has 24 heavy (non-hydrogen) atoms. The Morgan fingerprint density at radius 2 is 1.67 bits per heavy atom. The number of benzene rings is 1. The van der Waals surface area contributed by atoms with Crippen molar-refractivity contribution in [2.75, 3.05) is 0 Å². The molecule has 0 radical (unpaired) electrons. The SMILES string of the molecule is C[Si](C)=C1C=c2ccccc2=[C]1[Zr+2][c]1[nH]ccc1C(C)(C)C.[Cl-].[Cl-]. The summed E-state index contributed by atoms with van der Waals surface area (Å²) in [6.07, 6.45) is 4.59. The molecule has 1 aromatic heterocycles. The van der Waals surface area contributed by atoms with Crippen LogP contribution in [0, 0.1) is 0 Å². The van der Waals surface area contributed by atoms with Crippen molar-refractivity contribution in [3.05, 3.63) is 52.5 Å². The van der Waals surface area contributed by atoms with E-state index in [1.807, 2.05) is 0 Å². The maximum Gasteiger partial charge on any atom is -1.00 e. The van der Waals surface area contributed by atoms with Crippen molar-refractivity contribution in [3.63, 3.8) is 0 Å². The Bertz CT molecular complexity index is 871. The van der Waals surface area contributed by atoms with Gasteiger partial charge in [-0.05, 0) is 0 Å². The van der Waals surface area contributed by atoms with Crippen molar-refractivity contribution < 1.29 is 48.0 Å². The molecule has 0 bridgehead atoms. The van der Waals surface area contributed by atoms with E-state index in [9.17, 15) is 0 Å².